The van der Waals surface area contributed by atoms with Crippen LogP contribution >= 0.6 is 0 Å². The van der Waals surface area contributed by atoms with Gasteiger partial charge in [0.1, 0.15) is 15.9 Å². The van der Waals surface area contributed by atoms with Crippen LogP contribution in [0.5, 0.6) is 0 Å². The molecule has 3 rings (SSSR count). The molecule has 0 N–H and O–H groups in total. The van der Waals surface area contributed by atoms with E-state index in [1.165, 1.54) is 37.2 Å². The van der Waals surface area contributed by atoms with Crippen molar-refractivity contribution >= 4 is 10.1 Å². The van der Waals surface area contributed by atoms with Crippen molar-refractivity contribution in [2.45, 2.75) is 70.1 Å². The van der Waals surface area contributed by atoms with Gasteiger partial charge in [0.05, 0.1) is 4.90 Å². The van der Waals surface area contributed by atoms with Crippen LogP contribution in [0.15, 0.2) is 77.7 Å². The highest BCUT2D eigenvalue weighted by Gasteiger charge is 2.22. The van der Waals surface area contributed by atoms with Crippen molar-refractivity contribution in [3.63, 3.8) is 0 Å². The summed E-state index contributed by atoms with van der Waals surface area (Å²) >= 11 is -0.0793. The van der Waals surface area contributed by atoms with Gasteiger partial charge in [0.25, 0.3) is 0 Å². The molecule has 0 saturated heterocycles. The van der Waals surface area contributed by atoms with E-state index in [0.717, 1.165) is 12.1 Å². The smallest absolute Gasteiger partial charge is 0.357 e. The summed E-state index contributed by atoms with van der Waals surface area (Å²) in [5, 5.41) is 0. The first-order valence-corrected chi connectivity index (χ1v) is 14.9. The van der Waals surface area contributed by atoms with Crippen molar-refractivity contribution in [2.24, 2.45) is 0 Å². The molecular weight excluding hydrogens is 562 g/mol. The van der Waals surface area contributed by atoms with Gasteiger partial charge in [0.2, 0.25) is 0 Å². The van der Waals surface area contributed by atoms with Gasteiger partial charge in [-0.1, -0.05) is 71.9 Å². The third kappa shape index (κ3) is 8.17. The molecule has 3 aromatic rings. The number of benzene rings is 3. The van der Waals surface area contributed by atoms with Crippen LogP contribution in [0.4, 0.5) is 4.39 Å². The molecular formula is C28H34FIO3S. The van der Waals surface area contributed by atoms with E-state index in [2.05, 4.69) is 90.1 Å². The minimum atomic E-state index is -4.52. The zero-order valence-electron chi connectivity index (χ0n) is 20.7. The lowest BCUT2D eigenvalue weighted by Crippen LogP contribution is -3.61. The third-order valence-electron chi connectivity index (χ3n) is 6.32. The summed E-state index contributed by atoms with van der Waals surface area (Å²) in [4.78, 5) is -0.544. The zero-order valence-corrected chi connectivity index (χ0v) is 23.7. The highest BCUT2D eigenvalue weighted by molar-refractivity contribution is 7.85. The highest BCUT2D eigenvalue weighted by Crippen LogP contribution is 2.26. The van der Waals surface area contributed by atoms with Crippen LogP contribution in [0.3, 0.4) is 0 Å². The van der Waals surface area contributed by atoms with Crippen molar-refractivity contribution in [3.8, 4) is 0 Å². The molecule has 0 unspecified atom stereocenters. The quantitative estimate of drug-likeness (QED) is 0.307. The molecule has 34 heavy (non-hydrogen) atoms. The van der Waals surface area contributed by atoms with Gasteiger partial charge < -0.3 is 4.55 Å². The van der Waals surface area contributed by atoms with E-state index >= 15 is 0 Å². The average molecular weight is 597 g/mol. The fourth-order valence-electron chi connectivity index (χ4n) is 3.08. The molecule has 0 fully saturated rings. The van der Waals surface area contributed by atoms with E-state index in [0.29, 0.717) is 6.07 Å². The van der Waals surface area contributed by atoms with Gasteiger partial charge in [-0.15, -0.1) is 0 Å². The SMILES string of the molecule is CCC(C)(C)c1ccc([I+]c2ccc(C(C)(C)CC)cc2)cc1.O=S(=O)([O-])c1cccc(F)c1. The van der Waals surface area contributed by atoms with Crippen LogP contribution in [0, 0.1) is 13.0 Å². The number of hydrogen-bond donors (Lipinski definition) is 0. The fourth-order valence-corrected chi connectivity index (χ4v) is 5.74. The second-order valence-electron chi connectivity index (χ2n) is 9.49. The van der Waals surface area contributed by atoms with Crippen molar-refractivity contribution in [2.75, 3.05) is 0 Å². The summed E-state index contributed by atoms with van der Waals surface area (Å²) in [5.41, 5.74) is 3.47. The molecule has 0 radical (unpaired) electrons. The Morgan fingerprint density at radius 1 is 0.765 bits per heavy atom. The van der Waals surface area contributed by atoms with E-state index in [4.69, 9.17) is 0 Å². The first-order chi connectivity index (χ1) is 15.8. The van der Waals surface area contributed by atoms with Gasteiger partial charge in [0.15, 0.2) is 7.14 Å². The second-order valence-corrected chi connectivity index (χ2v) is 13.9. The van der Waals surface area contributed by atoms with Gasteiger partial charge in [0, 0.05) is 0 Å². The van der Waals surface area contributed by atoms with Crippen molar-refractivity contribution in [3.05, 3.63) is 96.9 Å². The molecule has 0 aromatic heterocycles. The van der Waals surface area contributed by atoms with Crippen LogP contribution in [-0.4, -0.2) is 13.0 Å². The first-order valence-electron chi connectivity index (χ1n) is 11.4. The predicted octanol–water partition coefficient (Wildman–Crippen LogP) is 3.92. The van der Waals surface area contributed by atoms with E-state index in [1.54, 1.807) is 0 Å². The summed E-state index contributed by atoms with van der Waals surface area (Å²) in [5.74, 6) is -0.734. The van der Waals surface area contributed by atoms with Crippen LogP contribution in [-0.2, 0) is 20.9 Å². The third-order valence-corrected chi connectivity index (χ3v) is 9.84. The van der Waals surface area contributed by atoms with Crippen LogP contribution in [0.1, 0.15) is 65.5 Å². The Hall–Kier alpha value is -1.77. The zero-order chi connectivity index (χ0) is 25.6. The topological polar surface area (TPSA) is 57.2 Å². The molecule has 6 heteroatoms. The minimum Gasteiger partial charge on any atom is -0.744 e. The normalized spacial score (nSPS) is 12.1. The maximum absolute atomic E-state index is 12.3. The van der Waals surface area contributed by atoms with Crippen LogP contribution < -0.4 is 21.2 Å². The van der Waals surface area contributed by atoms with Gasteiger partial charge in [-0.2, -0.15) is 0 Å². The van der Waals surface area contributed by atoms with Gasteiger partial charge in [-0.05, 0) is 77.3 Å². The molecule has 0 saturated carbocycles. The molecule has 0 heterocycles. The van der Waals surface area contributed by atoms with Gasteiger partial charge in [-0.25, -0.2) is 12.8 Å². The number of hydrogen-bond acceptors (Lipinski definition) is 3. The van der Waals surface area contributed by atoms with Crippen LogP contribution in [0.2, 0.25) is 0 Å². The number of halogens is 2. The molecule has 3 nitrogen and oxygen atoms in total. The Morgan fingerprint density at radius 2 is 1.18 bits per heavy atom. The maximum atomic E-state index is 12.3. The molecule has 0 aliphatic carbocycles. The highest BCUT2D eigenvalue weighted by atomic mass is 127. The van der Waals surface area contributed by atoms with Crippen LogP contribution in [0.25, 0.3) is 0 Å². The van der Waals surface area contributed by atoms with Crippen molar-refractivity contribution in [1.82, 2.24) is 0 Å². The summed E-state index contributed by atoms with van der Waals surface area (Å²) in [6, 6.07) is 22.6. The van der Waals surface area contributed by atoms with E-state index < -0.39 is 20.8 Å². The summed E-state index contributed by atoms with van der Waals surface area (Å²) in [7, 11) is -4.52. The molecule has 0 spiro atoms. The lowest BCUT2D eigenvalue weighted by atomic mass is 9.82. The fraction of sp³-hybridized carbons (Fsp3) is 0.357. The lowest BCUT2D eigenvalue weighted by molar-refractivity contribution is -0.597. The molecule has 0 atom stereocenters. The Labute approximate surface area is 214 Å². The van der Waals surface area contributed by atoms with Crippen molar-refractivity contribution < 1.29 is 38.6 Å². The standard InChI is InChI=1S/C22H30I.C6H5FO3S/c1-7-21(3,4)17-9-13-19(14-10-17)23-20-15-11-18(12-16-20)22(5,6)8-2;7-5-2-1-3-6(4-5)11(8,9)10/h9-16H,7-8H2,1-6H3;1-4H,(H,8,9,10)/q+1;/p-1. The van der Waals surface area contributed by atoms with Gasteiger partial charge >= 0.3 is 21.2 Å². The van der Waals surface area contributed by atoms with E-state index in [9.17, 15) is 17.4 Å². The Kier molecular flexibility index (Phi) is 9.86. The minimum absolute atomic E-state index is 0.0793. The molecule has 184 valence electrons. The summed E-state index contributed by atoms with van der Waals surface area (Å²) in [6.45, 7) is 13.8. The van der Waals surface area contributed by atoms with E-state index in [1.807, 2.05) is 0 Å². The Balaban J connectivity index is 0.000000310. The molecule has 3 aromatic carbocycles. The molecule has 0 aliphatic rings. The van der Waals surface area contributed by atoms with E-state index in [-0.39, 0.29) is 32.0 Å². The Morgan fingerprint density at radius 3 is 1.47 bits per heavy atom. The van der Waals surface area contributed by atoms with Crippen molar-refractivity contribution in [1.29, 1.82) is 0 Å². The number of rotatable bonds is 7. The first kappa shape index (κ1) is 28.5. The molecule has 0 bridgehead atoms. The summed E-state index contributed by atoms with van der Waals surface area (Å²) in [6.07, 6.45) is 2.35. The largest absolute Gasteiger partial charge is 0.744 e. The molecule has 0 amide bonds. The average Bonchev–Trinajstić information content (AvgIpc) is 2.80. The molecule has 0 aliphatic heterocycles. The monoisotopic (exact) mass is 596 g/mol. The lowest BCUT2D eigenvalue weighted by Gasteiger charge is -2.23. The Bertz CT molecular complexity index is 1110. The maximum Gasteiger partial charge on any atom is 0.357 e. The predicted molar refractivity (Wildman–Crippen MR) is 131 cm³/mol. The second kappa shape index (κ2) is 11.8. The van der Waals surface area contributed by atoms with Gasteiger partial charge in [-0.3, -0.25) is 0 Å². The summed E-state index contributed by atoms with van der Waals surface area (Å²) < 4.78 is 46.1.